The summed E-state index contributed by atoms with van der Waals surface area (Å²) in [4.78, 5) is 22.9. The van der Waals surface area contributed by atoms with E-state index >= 15 is 0 Å². The Hall–Kier alpha value is -2.33. The lowest BCUT2D eigenvalue weighted by Gasteiger charge is -2.32. The number of amides is 1. The molecule has 2 heterocycles. The first kappa shape index (κ1) is 27.7. The number of fused-ring (bicyclic) bond motifs is 1. The molecule has 37 heavy (non-hydrogen) atoms. The summed E-state index contributed by atoms with van der Waals surface area (Å²) in [6.07, 6.45) is 2.80. The molecule has 3 aromatic rings. The largest absolute Gasteiger partial charge is 0.302 e. The smallest absolute Gasteiger partial charge is 0.260 e. The normalized spacial score (nSPS) is 17.0. The number of hydrogen-bond acceptors (Lipinski definition) is 6. The summed E-state index contributed by atoms with van der Waals surface area (Å²) in [6.45, 7) is 13.9. The van der Waals surface area contributed by atoms with Crippen LogP contribution in [-0.4, -0.2) is 67.3 Å². The highest BCUT2D eigenvalue weighted by molar-refractivity contribution is 7.89. The number of aryl methyl sites for hydroxylation is 2. The number of hydrogen-bond donors (Lipinski definition) is 0. The number of benzene rings is 2. The van der Waals surface area contributed by atoms with E-state index in [1.807, 2.05) is 6.92 Å². The van der Waals surface area contributed by atoms with Gasteiger partial charge in [0.1, 0.15) is 0 Å². The summed E-state index contributed by atoms with van der Waals surface area (Å²) >= 11 is 1.52. The van der Waals surface area contributed by atoms with Crippen molar-refractivity contribution >= 4 is 42.6 Å². The second kappa shape index (κ2) is 11.6. The van der Waals surface area contributed by atoms with Crippen LogP contribution in [0.5, 0.6) is 0 Å². The van der Waals surface area contributed by atoms with Gasteiger partial charge in [0.15, 0.2) is 5.13 Å². The summed E-state index contributed by atoms with van der Waals surface area (Å²) in [5.41, 5.74) is 3.68. The quantitative estimate of drug-likeness (QED) is 0.359. The molecule has 1 unspecified atom stereocenters. The van der Waals surface area contributed by atoms with Crippen molar-refractivity contribution in [2.24, 2.45) is 0 Å². The number of carbonyl (C=O) groups excluding carboxylic acids is 1. The SMILES string of the molecule is CCN(CC)CCN(C(=O)c1ccc(S(=O)(=O)N2CCCCC2C)cc1)c1nc2c(C)c(C)ccc2s1. The summed E-state index contributed by atoms with van der Waals surface area (Å²) in [5.74, 6) is -0.170. The highest BCUT2D eigenvalue weighted by Gasteiger charge is 2.31. The molecule has 0 saturated carbocycles. The van der Waals surface area contributed by atoms with Gasteiger partial charge in [0.05, 0.1) is 15.1 Å². The monoisotopic (exact) mass is 542 g/mol. The Morgan fingerprint density at radius 2 is 1.76 bits per heavy atom. The molecule has 0 aliphatic carbocycles. The zero-order valence-electron chi connectivity index (χ0n) is 22.5. The van der Waals surface area contributed by atoms with Gasteiger partial charge in [0.2, 0.25) is 10.0 Å². The van der Waals surface area contributed by atoms with E-state index < -0.39 is 10.0 Å². The highest BCUT2D eigenvalue weighted by Crippen LogP contribution is 2.33. The predicted octanol–water partition coefficient (Wildman–Crippen LogP) is 5.46. The maximum absolute atomic E-state index is 13.8. The van der Waals surface area contributed by atoms with Crippen molar-refractivity contribution in [2.45, 2.75) is 64.8 Å². The zero-order chi connectivity index (χ0) is 26.7. The molecule has 0 radical (unpaired) electrons. The molecule has 200 valence electrons. The minimum atomic E-state index is -3.59. The maximum Gasteiger partial charge on any atom is 0.260 e. The van der Waals surface area contributed by atoms with Crippen LogP contribution in [0.25, 0.3) is 10.2 Å². The summed E-state index contributed by atoms with van der Waals surface area (Å²) in [5, 5.41) is 0.666. The van der Waals surface area contributed by atoms with Gasteiger partial charge >= 0.3 is 0 Å². The fourth-order valence-corrected chi connectivity index (χ4v) is 7.63. The van der Waals surface area contributed by atoms with Crippen molar-refractivity contribution in [3.63, 3.8) is 0 Å². The molecule has 1 fully saturated rings. The molecule has 1 saturated heterocycles. The van der Waals surface area contributed by atoms with E-state index in [1.165, 1.54) is 16.9 Å². The third-order valence-electron chi connectivity index (χ3n) is 7.53. The fraction of sp³-hybridized carbons (Fsp3) is 0.500. The van der Waals surface area contributed by atoms with Crippen molar-refractivity contribution in [1.29, 1.82) is 0 Å². The number of likely N-dealkylation sites (N-methyl/N-ethyl adjacent to an activating group) is 1. The Balaban J connectivity index is 1.64. The Kier molecular flexibility index (Phi) is 8.68. The molecule has 1 aliphatic heterocycles. The molecule has 2 aromatic carbocycles. The minimum Gasteiger partial charge on any atom is -0.302 e. The number of rotatable bonds is 9. The third kappa shape index (κ3) is 5.74. The molecular weight excluding hydrogens is 504 g/mol. The Morgan fingerprint density at radius 1 is 1.05 bits per heavy atom. The Morgan fingerprint density at radius 3 is 2.41 bits per heavy atom. The van der Waals surface area contributed by atoms with Crippen molar-refractivity contribution < 1.29 is 13.2 Å². The minimum absolute atomic E-state index is 0.0123. The van der Waals surface area contributed by atoms with E-state index in [0.29, 0.717) is 23.8 Å². The van der Waals surface area contributed by atoms with E-state index in [1.54, 1.807) is 33.5 Å². The van der Waals surface area contributed by atoms with E-state index in [9.17, 15) is 13.2 Å². The lowest BCUT2D eigenvalue weighted by molar-refractivity contribution is 0.0983. The van der Waals surface area contributed by atoms with Crippen LogP contribution in [0.3, 0.4) is 0 Å². The van der Waals surface area contributed by atoms with Crippen LogP contribution in [0, 0.1) is 13.8 Å². The van der Waals surface area contributed by atoms with Crippen LogP contribution < -0.4 is 4.90 Å². The molecule has 0 spiro atoms. The Labute approximate surface area is 225 Å². The average molecular weight is 543 g/mol. The average Bonchev–Trinajstić information content (AvgIpc) is 3.33. The van der Waals surface area contributed by atoms with Crippen LogP contribution in [0.2, 0.25) is 0 Å². The highest BCUT2D eigenvalue weighted by atomic mass is 32.2. The summed E-state index contributed by atoms with van der Waals surface area (Å²) < 4.78 is 29.2. The second-order valence-electron chi connectivity index (χ2n) is 9.82. The van der Waals surface area contributed by atoms with Gasteiger partial charge in [-0.25, -0.2) is 13.4 Å². The number of anilines is 1. The van der Waals surface area contributed by atoms with Crippen molar-refractivity contribution in [1.82, 2.24) is 14.2 Å². The molecular formula is C28H38N4O3S2. The predicted molar refractivity (Wildman–Crippen MR) is 152 cm³/mol. The van der Waals surface area contributed by atoms with Crippen LogP contribution in [0.1, 0.15) is 61.5 Å². The molecule has 1 amide bonds. The molecule has 9 heteroatoms. The molecule has 0 N–H and O–H groups in total. The molecule has 1 aromatic heterocycles. The van der Waals surface area contributed by atoms with Gasteiger partial charge in [0, 0.05) is 31.2 Å². The summed E-state index contributed by atoms with van der Waals surface area (Å²) in [7, 11) is -3.59. The number of nitrogens with zero attached hydrogens (tertiary/aromatic N) is 4. The number of sulfonamides is 1. The molecule has 1 aliphatic rings. The van der Waals surface area contributed by atoms with Crippen molar-refractivity contribution in [2.75, 3.05) is 37.6 Å². The van der Waals surface area contributed by atoms with Crippen LogP contribution in [0.15, 0.2) is 41.3 Å². The number of carbonyl (C=O) groups is 1. The number of aromatic nitrogens is 1. The number of thiazole rings is 1. The van der Waals surface area contributed by atoms with E-state index in [-0.39, 0.29) is 16.8 Å². The molecule has 1 atom stereocenters. The van der Waals surface area contributed by atoms with Gasteiger partial charge in [-0.15, -0.1) is 0 Å². The number of piperidine rings is 1. The van der Waals surface area contributed by atoms with Gasteiger partial charge < -0.3 is 4.90 Å². The molecule has 4 rings (SSSR count). The molecule has 7 nitrogen and oxygen atoms in total. The lowest BCUT2D eigenvalue weighted by Crippen LogP contribution is -2.42. The molecule has 0 bridgehead atoms. The fourth-order valence-electron chi connectivity index (χ4n) is 4.88. The first-order valence-electron chi connectivity index (χ1n) is 13.2. The van der Waals surface area contributed by atoms with Gasteiger partial charge in [-0.05, 0) is 88.2 Å². The van der Waals surface area contributed by atoms with Crippen molar-refractivity contribution in [3.8, 4) is 0 Å². The first-order chi connectivity index (χ1) is 17.7. The lowest BCUT2D eigenvalue weighted by atomic mass is 10.1. The topological polar surface area (TPSA) is 73.8 Å². The zero-order valence-corrected chi connectivity index (χ0v) is 24.2. The second-order valence-corrected chi connectivity index (χ2v) is 12.7. The van der Waals surface area contributed by atoms with E-state index in [2.05, 4.69) is 44.7 Å². The maximum atomic E-state index is 13.8. The van der Waals surface area contributed by atoms with Crippen LogP contribution >= 0.6 is 11.3 Å². The van der Waals surface area contributed by atoms with Crippen LogP contribution in [0.4, 0.5) is 5.13 Å². The standard InChI is InChI=1S/C28H38N4O3S2/c1-6-30(7-2)18-19-31(28-29-26-22(5)20(3)11-16-25(26)36-28)27(33)23-12-14-24(15-13-23)37(34,35)32-17-9-8-10-21(32)4/h11-16,21H,6-10,17-19H2,1-5H3. The van der Waals surface area contributed by atoms with Gasteiger partial charge in [-0.1, -0.05) is 37.7 Å². The van der Waals surface area contributed by atoms with Gasteiger partial charge in [-0.3, -0.25) is 9.69 Å². The van der Waals surface area contributed by atoms with E-state index in [0.717, 1.165) is 54.7 Å². The van der Waals surface area contributed by atoms with Crippen LogP contribution in [-0.2, 0) is 10.0 Å². The van der Waals surface area contributed by atoms with Crippen molar-refractivity contribution in [3.05, 3.63) is 53.1 Å². The third-order valence-corrected chi connectivity index (χ3v) is 10.6. The Bertz CT molecular complexity index is 1350. The van der Waals surface area contributed by atoms with E-state index in [4.69, 9.17) is 4.98 Å². The van der Waals surface area contributed by atoms with Gasteiger partial charge in [0.25, 0.3) is 5.91 Å². The summed E-state index contributed by atoms with van der Waals surface area (Å²) in [6, 6.07) is 10.5. The first-order valence-corrected chi connectivity index (χ1v) is 15.5. The van der Waals surface area contributed by atoms with Gasteiger partial charge in [-0.2, -0.15) is 4.31 Å².